The van der Waals surface area contributed by atoms with Crippen molar-refractivity contribution < 1.29 is 0 Å². The van der Waals surface area contributed by atoms with Gasteiger partial charge in [0.2, 0.25) is 0 Å². The molecule has 0 saturated carbocycles. The third-order valence-corrected chi connectivity index (χ3v) is 4.75. The molecule has 1 saturated heterocycles. The number of fused-ring (bicyclic) bond motifs is 1. The first-order chi connectivity index (χ1) is 8.72. The summed E-state index contributed by atoms with van der Waals surface area (Å²) >= 11 is 1.63. The lowest BCUT2D eigenvalue weighted by Gasteiger charge is -2.24. The molecule has 1 aromatic carbocycles. The Bertz CT molecular complexity index is 551. The lowest BCUT2D eigenvalue weighted by Crippen LogP contribution is -2.32. The van der Waals surface area contributed by atoms with Gasteiger partial charge in [-0.25, -0.2) is 0 Å². The van der Waals surface area contributed by atoms with E-state index in [4.69, 9.17) is 0 Å². The molecule has 0 radical (unpaired) electrons. The van der Waals surface area contributed by atoms with Crippen molar-refractivity contribution in [1.29, 1.82) is 0 Å². The van der Waals surface area contributed by atoms with Crippen molar-refractivity contribution in [2.24, 2.45) is 5.41 Å². The van der Waals surface area contributed by atoms with Crippen LogP contribution in [0, 0.1) is 5.41 Å². The summed E-state index contributed by atoms with van der Waals surface area (Å²) in [6, 6.07) is 8.43. The van der Waals surface area contributed by atoms with Gasteiger partial charge in [-0.05, 0) is 42.5 Å². The van der Waals surface area contributed by atoms with Crippen molar-refractivity contribution >= 4 is 27.4 Å². The lowest BCUT2D eigenvalue weighted by molar-refractivity contribution is 0.356. The summed E-state index contributed by atoms with van der Waals surface area (Å²) in [6.07, 6.45) is 1.25. The Morgan fingerprint density at radius 3 is 3.11 bits per heavy atom. The first-order valence-electron chi connectivity index (χ1n) is 6.46. The van der Waals surface area contributed by atoms with E-state index < -0.39 is 0 Å². The maximum atomic E-state index is 4.54. The van der Waals surface area contributed by atoms with E-state index in [1.807, 2.05) is 7.05 Å². The summed E-state index contributed by atoms with van der Waals surface area (Å²) in [5.41, 5.74) is 1.51. The molecular formula is C14H19N3S. The van der Waals surface area contributed by atoms with E-state index in [1.165, 1.54) is 16.8 Å². The Morgan fingerprint density at radius 1 is 1.44 bits per heavy atom. The van der Waals surface area contributed by atoms with Crippen molar-refractivity contribution in [2.75, 3.05) is 31.6 Å². The molecule has 0 aliphatic carbocycles. The molecule has 1 fully saturated rings. The highest BCUT2D eigenvalue weighted by Gasteiger charge is 2.34. The summed E-state index contributed by atoms with van der Waals surface area (Å²) in [7, 11) is 2.04. The predicted molar refractivity (Wildman–Crippen MR) is 78.5 cm³/mol. The largest absolute Gasteiger partial charge is 0.361 e. The highest BCUT2D eigenvalue weighted by atomic mass is 32.1. The van der Waals surface area contributed by atoms with Crippen molar-refractivity contribution in [3.63, 3.8) is 0 Å². The van der Waals surface area contributed by atoms with E-state index in [-0.39, 0.29) is 0 Å². The van der Waals surface area contributed by atoms with Crippen molar-refractivity contribution in [3.05, 3.63) is 24.3 Å². The Morgan fingerprint density at radius 2 is 2.28 bits per heavy atom. The predicted octanol–water partition coefficient (Wildman–Crippen LogP) is 2.73. The van der Waals surface area contributed by atoms with Crippen LogP contribution in [0.5, 0.6) is 0 Å². The monoisotopic (exact) mass is 261 g/mol. The second-order valence-corrected chi connectivity index (χ2v) is 6.27. The van der Waals surface area contributed by atoms with Gasteiger partial charge in [-0.1, -0.05) is 19.1 Å². The van der Waals surface area contributed by atoms with Gasteiger partial charge >= 0.3 is 0 Å². The number of aromatic nitrogens is 1. The summed E-state index contributed by atoms with van der Waals surface area (Å²) in [4.78, 5) is 2.50. The molecule has 3 nitrogen and oxygen atoms in total. The highest BCUT2D eigenvalue weighted by Crippen LogP contribution is 2.38. The van der Waals surface area contributed by atoms with E-state index in [0.29, 0.717) is 5.41 Å². The van der Waals surface area contributed by atoms with Crippen LogP contribution in [0.1, 0.15) is 13.3 Å². The zero-order valence-corrected chi connectivity index (χ0v) is 11.8. The minimum atomic E-state index is 0.389. The SMILES string of the molecule is CNCC1(C)CCN(c2snc3ccccc23)C1. The Labute approximate surface area is 112 Å². The molecule has 1 N–H and O–H groups in total. The number of rotatable bonds is 3. The van der Waals surface area contributed by atoms with Crippen LogP contribution in [0.25, 0.3) is 10.9 Å². The highest BCUT2D eigenvalue weighted by molar-refractivity contribution is 7.11. The van der Waals surface area contributed by atoms with Gasteiger partial charge < -0.3 is 10.2 Å². The van der Waals surface area contributed by atoms with Crippen LogP contribution in [0.15, 0.2) is 24.3 Å². The van der Waals surface area contributed by atoms with Gasteiger partial charge in [0, 0.05) is 25.0 Å². The average Bonchev–Trinajstić information content (AvgIpc) is 2.93. The van der Waals surface area contributed by atoms with Gasteiger partial charge in [0.1, 0.15) is 5.00 Å². The second-order valence-electron chi connectivity index (χ2n) is 5.52. The van der Waals surface area contributed by atoms with E-state index in [2.05, 4.69) is 45.8 Å². The molecule has 1 atom stereocenters. The Balaban J connectivity index is 1.88. The molecule has 1 aliphatic heterocycles. The van der Waals surface area contributed by atoms with Crippen LogP contribution in [0.2, 0.25) is 0 Å². The topological polar surface area (TPSA) is 28.2 Å². The molecule has 18 heavy (non-hydrogen) atoms. The third kappa shape index (κ3) is 1.99. The van der Waals surface area contributed by atoms with Crippen LogP contribution < -0.4 is 10.2 Å². The molecule has 0 amide bonds. The Kier molecular flexibility index (Phi) is 2.99. The lowest BCUT2D eigenvalue weighted by atomic mass is 9.90. The summed E-state index contributed by atoms with van der Waals surface area (Å²) in [5, 5.41) is 5.95. The fraction of sp³-hybridized carbons (Fsp3) is 0.500. The fourth-order valence-corrected chi connectivity index (χ4v) is 3.76. The van der Waals surface area contributed by atoms with Crippen molar-refractivity contribution in [2.45, 2.75) is 13.3 Å². The molecule has 4 heteroatoms. The zero-order valence-electron chi connectivity index (χ0n) is 10.9. The molecule has 2 heterocycles. The van der Waals surface area contributed by atoms with Crippen LogP contribution in [-0.2, 0) is 0 Å². The molecule has 0 bridgehead atoms. The fourth-order valence-electron chi connectivity index (χ4n) is 2.87. The zero-order chi connectivity index (χ0) is 12.6. The van der Waals surface area contributed by atoms with E-state index >= 15 is 0 Å². The molecule has 3 rings (SSSR count). The standard InChI is InChI=1S/C14H19N3S/c1-14(9-15-2)7-8-17(10-14)13-11-5-3-4-6-12(11)16-18-13/h3-6,15H,7-10H2,1-2H3. The summed E-state index contributed by atoms with van der Waals surface area (Å²) in [6.45, 7) is 5.72. The summed E-state index contributed by atoms with van der Waals surface area (Å²) in [5.74, 6) is 0. The van der Waals surface area contributed by atoms with Crippen LogP contribution in [0.3, 0.4) is 0 Å². The molecule has 0 spiro atoms. The average molecular weight is 261 g/mol. The number of hydrogen-bond acceptors (Lipinski definition) is 4. The van der Waals surface area contributed by atoms with E-state index in [1.54, 1.807) is 11.5 Å². The van der Waals surface area contributed by atoms with Gasteiger partial charge in [-0.2, -0.15) is 4.37 Å². The van der Waals surface area contributed by atoms with Crippen LogP contribution in [0.4, 0.5) is 5.00 Å². The van der Waals surface area contributed by atoms with Gasteiger partial charge in [-0.15, -0.1) is 0 Å². The first-order valence-corrected chi connectivity index (χ1v) is 7.23. The minimum absolute atomic E-state index is 0.389. The molecule has 96 valence electrons. The van der Waals surface area contributed by atoms with Crippen molar-refractivity contribution in [3.8, 4) is 0 Å². The maximum Gasteiger partial charge on any atom is 0.119 e. The van der Waals surface area contributed by atoms with Gasteiger partial charge in [0.25, 0.3) is 0 Å². The molecule has 1 aromatic heterocycles. The number of anilines is 1. The molecule has 2 aromatic rings. The number of nitrogens with one attached hydrogen (secondary N) is 1. The van der Waals surface area contributed by atoms with Crippen molar-refractivity contribution in [1.82, 2.24) is 9.69 Å². The van der Waals surface area contributed by atoms with Crippen LogP contribution >= 0.6 is 11.5 Å². The maximum absolute atomic E-state index is 4.54. The number of nitrogens with zero attached hydrogens (tertiary/aromatic N) is 2. The third-order valence-electron chi connectivity index (χ3n) is 3.81. The first kappa shape index (κ1) is 11.9. The molecular weight excluding hydrogens is 242 g/mol. The number of benzene rings is 1. The quantitative estimate of drug-likeness (QED) is 0.921. The van der Waals surface area contributed by atoms with Crippen LogP contribution in [-0.4, -0.2) is 31.1 Å². The molecule has 1 aliphatic rings. The molecule has 1 unspecified atom stereocenters. The van der Waals surface area contributed by atoms with Gasteiger partial charge in [0.05, 0.1) is 5.52 Å². The number of hydrogen-bond donors (Lipinski definition) is 1. The minimum Gasteiger partial charge on any atom is -0.361 e. The summed E-state index contributed by atoms with van der Waals surface area (Å²) < 4.78 is 4.54. The van der Waals surface area contributed by atoms with E-state index in [0.717, 1.165) is 25.2 Å². The smallest absolute Gasteiger partial charge is 0.119 e. The Hall–Kier alpha value is -1.13. The van der Waals surface area contributed by atoms with Gasteiger partial charge in [0.15, 0.2) is 0 Å². The van der Waals surface area contributed by atoms with E-state index in [9.17, 15) is 0 Å². The second kappa shape index (κ2) is 4.52. The normalized spacial score (nSPS) is 24.0. The van der Waals surface area contributed by atoms with Gasteiger partial charge in [-0.3, -0.25) is 0 Å².